The predicted molar refractivity (Wildman–Crippen MR) is 66.7 cm³/mol. The van der Waals surface area contributed by atoms with Crippen molar-refractivity contribution in [3.8, 4) is 5.75 Å². The SMILES string of the molecule is N#[N+]COc1cccc(Nc2ccccc2)c1. The van der Waals surface area contributed by atoms with Crippen LogP contribution >= 0.6 is 0 Å². The maximum absolute atomic E-state index is 8.32. The quantitative estimate of drug-likeness (QED) is 0.810. The smallest absolute Gasteiger partial charge is 0.420 e. The second kappa shape index (κ2) is 5.52. The molecule has 0 unspecified atom stereocenters. The van der Waals surface area contributed by atoms with Gasteiger partial charge < -0.3 is 10.1 Å². The molecule has 0 saturated heterocycles. The van der Waals surface area contributed by atoms with E-state index in [1.165, 1.54) is 0 Å². The molecule has 84 valence electrons. The van der Waals surface area contributed by atoms with Gasteiger partial charge in [-0.25, -0.2) is 0 Å². The van der Waals surface area contributed by atoms with Crippen molar-refractivity contribution in [2.75, 3.05) is 12.0 Å². The number of hydrogen-bond acceptors (Lipinski definition) is 3. The topological polar surface area (TPSA) is 49.4 Å². The van der Waals surface area contributed by atoms with E-state index in [0.717, 1.165) is 11.4 Å². The monoisotopic (exact) mass is 226 g/mol. The lowest BCUT2D eigenvalue weighted by Gasteiger charge is -2.06. The number of para-hydroxylation sites is 1. The van der Waals surface area contributed by atoms with Crippen LogP contribution in [0.25, 0.3) is 4.98 Å². The Morgan fingerprint density at radius 1 is 1.00 bits per heavy atom. The molecule has 0 bridgehead atoms. The van der Waals surface area contributed by atoms with E-state index in [9.17, 15) is 0 Å². The summed E-state index contributed by atoms with van der Waals surface area (Å²) >= 11 is 0. The second-order valence-corrected chi connectivity index (χ2v) is 3.43. The molecule has 17 heavy (non-hydrogen) atoms. The van der Waals surface area contributed by atoms with Crippen LogP contribution in [0.4, 0.5) is 11.4 Å². The highest BCUT2D eigenvalue weighted by Crippen LogP contribution is 2.21. The van der Waals surface area contributed by atoms with Crippen molar-refractivity contribution < 1.29 is 4.74 Å². The Balaban J connectivity index is 2.09. The molecule has 0 amide bonds. The van der Waals surface area contributed by atoms with E-state index < -0.39 is 0 Å². The fraction of sp³-hybridized carbons (Fsp3) is 0.0769. The first kappa shape index (κ1) is 11.0. The maximum Gasteiger partial charge on any atom is 0.447 e. The number of benzene rings is 2. The van der Waals surface area contributed by atoms with Crippen LogP contribution in [-0.4, -0.2) is 6.73 Å². The Labute approximate surface area is 99.5 Å². The average Bonchev–Trinajstić information content (AvgIpc) is 2.38. The molecule has 1 N–H and O–H groups in total. The van der Waals surface area contributed by atoms with Gasteiger partial charge in [-0.15, -0.1) is 0 Å². The van der Waals surface area contributed by atoms with Crippen LogP contribution in [0.15, 0.2) is 54.6 Å². The normalized spacial score (nSPS) is 9.35. The molecule has 4 nitrogen and oxygen atoms in total. The standard InChI is InChI=1S/C13H12N3O/c14-15-10-17-13-8-4-7-12(9-13)16-11-5-2-1-3-6-11/h1-9,16H,10H2/q+1. The maximum atomic E-state index is 8.32. The molecular formula is C13H12N3O+. The first-order chi connectivity index (χ1) is 8.38. The predicted octanol–water partition coefficient (Wildman–Crippen LogP) is 3.62. The van der Waals surface area contributed by atoms with Crippen LogP contribution in [0.1, 0.15) is 0 Å². The van der Waals surface area contributed by atoms with Gasteiger partial charge in [-0.2, -0.15) is 0 Å². The van der Waals surface area contributed by atoms with Crippen molar-refractivity contribution in [1.29, 1.82) is 5.39 Å². The minimum absolute atomic E-state index is 0.0607. The summed E-state index contributed by atoms with van der Waals surface area (Å²) in [5.74, 6) is 0.656. The Morgan fingerprint density at radius 3 is 2.53 bits per heavy atom. The summed E-state index contributed by atoms with van der Waals surface area (Å²) in [5, 5.41) is 11.6. The largest absolute Gasteiger partial charge is 0.447 e. The van der Waals surface area contributed by atoms with Gasteiger partial charge in [-0.1, -0.05) is 24.3 Å². The van der Waals surface area contributed by atoms with E-state index in [0.29, 0.717) is 5.75 Å². The Morgan fingerprint density at radius 2 is 1.76 bits per heavy atom. The molecule has 0 heterocycles. The molecule has 2 aromatic rings. The number of nitrogens with zero attached hydrogens (tertiary/aromatic N) is 2. The molecule has 0 aliphatic carbocycles. The van der Waals surface area contributed by atoms with E-state index >= 15 is 0 Å². The Kier molecular flexibility index (Phi) is 3.56. The zero-order valence-electron chi connectivity index (χ0n) is 9.21. The van der Waals surface area contributed by atoms with Gasteiger partial charge in [0.15, 0.2) is 4.98 Å². The van der Waals surface area contributed by atoms with Crippen molar-refractivity contribution in [3.63, 3.8) is 0 Å². The van der Waals surface area contributed by atoms with Crippen molar-refractivity contribution in [2.45, 2.75) is 0 Å². The van der Waals surface area contributed by atoms with E-state index in [-0.39, 0.29) is 6.73 Å². The lowest BCUT2D eigenvalue weighted by atomic mass is 10.2. The van der Waals surface area contributed by atoms with Crippen LogP contribution in [0.3, 0.4) is 0 Å². The summed E-state index contributed by atoms with van der Waals surface area (Å²) in [4.78, 5) is 2.90. The van der Waals surface area contributed by atoms with Gasteiger partial charge in [0, 0.05) is 17.4 Å². The van der Waals surface area contributed by atoms with Crippen molar-refractivity contribution in [2.24, 2.45) is 0 Å². The molecule has 0 spiro atoms. The number of anilines is 2. The number of nitrogens with one attached hydrogen (secondary N) is 1. The third-order valence-electron chi connectivity index (χ3n) is 2.19. The molecule has 2 aromatic carbocycles. The lowest BCUT2D eigenvalue weighted by molar-refractivity contribution is 0.358. The molecule has 0 fully saturated rings. The van der Waals surface area contributed by atoms with Gasteiger partial charge in [0.2, 0.25) is 5.39 Å². The molecule has 0 saturated carbocycles. The van der Waals surface area contributed by atoms with Crippen molar-refractivity contribution in [1.82, 2.24) is 0 Å². The number of diazo groups is 1. The van der Waals surface area contributed by atoms with Gasteiger partial charge in [0.1, 0.15) is 5.75 Å². The van der Waals surface area contributed by atoms with Crippen LogP contribution in [0.2, 0.25) is 0 Å². The highest BCUT2D eigenvalue weighted by molar-refractivity contribution is 5.60. The van der Waals surface area contributed by atoms with E-state index in [1.807, 2.05) is 48.5 Å². The molecule has 2 rings (SSSR count). The van der Waals surface area contributed by atoms with Crippen LogP contribution in [0, 0.1) is 5.39 Å². The summed E-state index contributed by atoms with van der Waals surface area (Å²) in [6.07, 6.45) is 0. The average molecular weight is 226 g/mol. The Hall–Kier alpha value is -2.54. The van der Waals surface area contributed by atoms with Gasteiger partial charge in [0.25, 0.3) is 0 Å². The van der Waals surface area contributed by atoms with Gasteiger partial charge in [-0.05, 0) is 24.3 Å². The van der Waals surface area contributed by atoms with Gasteiger partial charge >= 0.3 is 6.73 Å². The highest BCUT2D eigenvalue weighted by atomic mass is 16.5. The summed E-state index contributed by atoms with van der Waals surface area (Å²) < 4.78 is 5.18. The number of ether oxygens (including phenoxy) is 1. The second-order valence-electron chi connectivity index (χ2n) is 3.43. The molecule has 0 atom stereocenters. The molecule has 0 aliphatic heterocycles. The van der Waals surface area contributed by atoms with Gasteiger partial charge in [-0.3, -0.25) is 0 Å². The third kappa shape index (κ3) is 3.21. The lowest BCUT2D eigenvalue weighted by Crippen LogP contribution is -1.93. The number of hydrogen-bond donors (Lipinski definition) is 1. The minimum atomic E-state index is -0.0607. The zero-order chi connectivity index (χ0) is 11.9. The minimum Gasteiger partial charge on any atom is -0.420 e. The fourth-order valence-corrected chi connectivity index (χ4v) is 1.46. The molecule has 0 aliphatic rings. The van der Waals surface area contributed by atoms with Crippen LogP contribution < -0.4 is 10.1 Å². The molecule has 0 radical (unpaired) electrons. The van der Waals surface area contributed by atoms with E-state index in [1.54, 1.807) is 6.07 Å². The summed E-state index contributed by atoms with van der Waals surface area (Å²) in [6, 6.07) is 17.3. The Bertz CT molecular complexity index is 520. The van der Waals surface area contributed by atoms with E-state index in [4.69, 9.17) is 10.1 Å². The summed E-state index contributed by atoms with van der Waals surface area (Å²) in [6.45, 7) is -0.0607. The molecular weight excluding hydrogens is 214 g/mol. The van der Waals surface area contributed by atoms with Crippen molar-refractivity contribution >= 4 is 11.4 Å². The first-order valence-corrected chi connectivity index (χ1v) is 5.24. The van der Waals surface area contributed by atoms with Gasteiger partial charge in [0.05, 0.1) is 0 Å². The molecule has 0 aromatic heterocycles. The highest BCUT2D eigenvalue weighted by Gasteiger charge is 2.00. The van der Waals surface area contributed by atoms with Crippen molar-refractivity contribution in [3.05, 3.63) is 59.6 Å². The van der Waals surface area contributed by atoms with Crippen LogP contribution in [0.5, 0.6) is 5.75 Å². The summed E-state index contributed by atoms with van der Waals surface area (Å²) in [5.41, 5.74) is 1.93. The number of rotatable bonds is 4. The van der Waals surface area contributed by atoms with E-state index in [2.05, 4.69) is 10.3 Å². The first-order valence-electron chi connectivity index (χ1n) is 5.24. The van der Waals surface area contributed by atoms with Crippen LogP contribution in [-0.2, 0) is 0 Å². The fourth-order valence-electron chi connectivity index (χ4n) is 1.46. The third-order valence-corrected chi connectivity index (χ3v) is 2.19. The summed E-state index contributed by atoms with van der Waals surface area (Å²) in [7, 11) is 0. The molecule has 4 heteroatoms. The zero-order valence-corrected chi connectivity index (χ0v) is 9.21.